The van der Waals surface area contributed by atoms with Gasteiger partial charge in [0.25, 0.3) is 0 Å². The topological polar surface area (TPSA) is 44.7 Å². The van der Waals surface area contributed by atoms with Gasteiger partial charge in [-0.3, -0.25) is 0 Å². The van der Waals surface area contributed by atoms with E-state index in [-0.39, 0.29) is 6.10 Å². The average molecular weight is 365 g/mol. The summed E-state index contributed by atoms with van der Waals surface area (Å²) in [5.41, 5.74) is 0. The Labute approximate surface area is 160 Å². The van der Waals surface area contributed by atoms with Gasteiger partial charge in [-0.25, -0.2) is 0 Å². The summed E-state index contributed by atoms with van der Waals surface area (Å²) in [6.45, 7) is 4.52. The lowest BCUT2D eigenvalue weighted by Gasteiger charge is -2.42. The molecule has 3 aliphatic carbocycles. The number of ether oxygens (including phenoxy) is 1. The van der Waals surface area contributed by atoms with Gasteiger partial charge < -0.3 is 20.1 Å². The van der Waals surface area contributed by atoms with Crippen LogP contribution in [0.5, 0.6) is 0 Å². The number of nitrogens with zero attached hydrogens (tertiary/aromatic N) is 1. The Bertz CT molecular complexity index is 412. The number of hydrogen-bond acceptors (Lipinski definition) is 4. The van der Waals surface area contributed by atoms with Gasteiger partial charge in [-0.1, -0.05) is 12.8 Å². The Morgan fingerprint density at radius 3 is 2.00 bits per heavy atom. The van der Waals surface area contributed by atoms with Gasteiger partial charge in [0.15, 0.2) is 0 Å². The summed E-state index contributed by atoms with van der Waals surface area (Å²) in [4.78, 5) is 2.76. The molecule has 1 aliphatic heterocycles. The largest absolute Gasteiger partial charge is 0.392 e. The van der Waals surface area contributed by atoms with E-state index in [9.17, 15) is 5.11 Å². The lowest BCUT2D eigenvalue weighted by molar-refractivity contribution is 0.0456. The molecule has 26 heavy (non-hydrogen) atoms. The van der Waals surface area contributed by atoms with Crippen molar-refractivity contribution >= 4 is 0 Å². The second-order valence-corrected chi connectivity index (χ2v) is 9.59. The van der Waals surface area contributed by atoms with E-state index >= 15 is 0 Å². The molecule has 2 N–H and O–H groups in total. The van der Waals surface area contributed by atoms with Crippen LogP contribution >= 0.6 is 0 Å². The normalized spacial score (nSPS) is 37.7. The standard InChI is InChI=1S/C22H40N2O2/c25-22-4-2-1-3-21(22)23-19-11-13-24(14-12-19)20-9-7-18(8-10-20)16-26-15-17-5-6-17/h17-23,25H,1-16H2/t18-,20-,21-,22-/m1/s1. The van der Waals surface area contributed by atoms with Crippen LogP contribution in [0.4, 0.5) is 0 Å². The molecular formula is C22H40N2O2. The summed E-state index contributed by atoms with van der Waals surface area (Å²) in [7, 11) is 0. The smallest absolute Gasteiger partial charge is 0.0693 e. The van der Waals surface area contributed by atoms with Crippen molar-refractivity contribution < 1.29 is 9.84 Å². The van der Waals surface area contributed by atoms with E-state index in [0.717, 1.165) is 43.9 Å². The van der Waals surface area contributed by atoms with Crippen LogP contribution < -0.4 is 5.32 Å². The molecule has 2 atom stereocenters. The van der Waals surface area contributed by atoms with Crippen LogP contribution in [0.25, 0.3) is 0 Å². The van der Waals surface area contributed by atoms with Crippen molar-refractivity contribution in [1.29, 1.82) is 0 Å². The number of rotatable bonds is 7. The molecule has 4 nitrogen and oxygen atoms in total. The summed E-state index contributed by atoms with van der Waals surface area (Å²) in [5.74, 6) is 1.72. The van der Waals surface area contributed by atoms with E-state index in [1.165, 1.54) is 77.3 Å². The lowest BCUT2D eigenvalue weighted by atomic mass is 9.84. The fraction of sp³-hybridized carbons (Fsp3) is 1.00. The van der Waals surface area contributed by atoms with Gasteiger partial charge >= 0.3 is 0 Å². The minimum absolute atomic E-state index is 0.112. The highest BCUT2D eigenvalue weighted by atomic mass is 16.5. The quantitative estimate of drug-likeness (QED) is 0.727. The summed E-state index contributed by atoms with van der Waals surface area (Å²) >= 11 is 0. The molecule has 0 amide bonds. The fourth-order valence-electron chi connectivity index (χ4n) is 5.40. The van der Waals surface area contributed by atoms with Gasteiger partial charge in [-0.2, -0.15) is 0 Å². The predicted octanol–water partition coefficient (Wildman–Crippen LogP) is 3.33. The molecule has 1 heterocycles. The first-order valence-electron chi connectivity index (χ1n) is 11.5. The third-order valence-electron chi connectivity index (χ3n) is 7.45. The highest BCUT2D eigenvalue weighted by molar-refractivity contribution is 4.89. The molecule has 0 radical (unpaired) electrons. The van der Waals surface area contributed by atoms with Gasteiger partial charge in [0, 0.05) is 31.3 Å². The molecule has 0 aromatic carbocycles. The Morgan fingerprint density at radius 1 is 0.769 bits per heavy atom. The minimum Gasteiger partial charge on any atom is -0.392 e. The molecule has 0 unspecified atom stereocenters. The van der Waals surface area contributed by atoms with Crippen LogP contribution in [-0.2, 0) is 4.74 Å². The molecule has 0 aromatic rings. The molecule has 1 saturated heterocycles. The number of hydrogen-bond donors (Lipinski definition) is 2. The maximum atomic E-state index is 10.2. The van der Waals surface area contributed by atoms with E-state index in [2.05, 4.69) is 10.2 Å². The number of nitrogens with one attached hydrogen (secondary N) is 1. The number of likely N-dealkylation sites (tertiary alicyclic amines) is 1. The van der Waals surface area contributed by atoms with Crippen molar-refractivity contribution in [3.8, 4) is 0 Å². The second-order valence-electron chi connectivity index (χ2n) is 9.59. The second kappa shape index (κ2) is 9.36. The molecule has 0 spiro atoms. The first kappa shape index (κ1) is 19.2. The zero-order valence-corrected chi connectivity index (χ0v) is 16.6. The molecular weight excluding hydrogens is 324 g/mol. The number of piperidine rings is 1. The van der Waals surface area contributed by atoms with E-state index < -0.39 is 0 Å². The van der Waals surface area contributed by atoms with Crippen LogP contribution in [0.1, 0.15) is 77.0 Å². The van der Waals surface area contributed by atoms with Crippen LogP contribution in [0.3, 0.4) is 0 Å². The predicted molar refractivity (Wildman–Crippen MR) is 105 cm³/mol. The number of aliphatic hydroxyl groups is 1. The van der Waals surface area contributed by atoms with Crippen molar-refractivity contribution in [2.24, 2.45) is 11.8 Å². The molecule has 0 aromatic heterocycles. The van der Waals surface area contributed by atoms with Crippen LogP contribution in [0, 0.1) is 11.8 Å². The zero-order chi connectivity index (χ0) is 17.8. The van der Waals surface area contributed by atoms with Crippen LogP contribution in [0.2, 0.25) is 0 Å². The first-order chi connectivity index (χ1) is 12.8. The van der Waals surface area contributed by atoms with E-state index in [1.54, 1.807) is 0 Å². The average Bonchev–Trinajstić information content (AvgIpc) is 3.49. The monoisotopic (exact) mass is 364 g/mol. The molecule has 0 bridgehead atoms. The molecule has 4 aliphatic rings. The zero-order valence-electron chi connectivity index (χ0n) is 16.6. The summed E-state index contributed by atoms with van der Waals surface area (Å²) in [6.07, 6.45) is 15.3. The molecule has 150 valence electrons. The Kier molecular flexibility index (Phi) is 6.90. The summed E-state index contributed by atoms with van der Waals surface area (Å²) < 4.78 is 5.93. The Balaban J connectivity index is 1.11. The third-order valence-corrected chi connectivity index (χ3v) is 7.45. The highest BCUT2D eigenvalue weighted by Crippen LogP contribution is 2.32. The Hall–Kier alpha value is -0.160. The van der Waals surface area contributed by atoms with Gasteiger partial charge in [0.05, 0.1) is 6.10 Å². The van der Waals surface area contributed by atoms with Crippen molar-refractivity contribution in [2.75, 3.05) is 26.3 Å². The molecule has 3 saturated carbocycles. The van der Waals surface area contributed by atoms with E-state index in [1.807, 2.05) is 0 Å². The van der Waals surface area contributed by atoms with Crippen LogP contribution in [0.15, 0.2) is 0 Å². The maximum absolute atomic E-state index is 10.2. The van der Waals surface area contributed by atoms with Gasteiger partial charge in [-0.05, 0) is 89.1 Å². The van der Waals surface area contributed by atoms with Crippen molar-refractivity contribution in [3.05, 3.63) is 0 Å². The van der Waals surface area contributed by atoms with Gasteiger partial charge in [0.1, 0.15) is 0 Å². The minimum atomic E-state index is -0.112. The van der Waals surface area contributed by atoms with E-state index in [0.29, 0.717) is 12.1 Å². The van der Waals surface area contributed by atoms with Gasteiger partial charge in [-0.15, -0.1) is 0 Å². The molecule has 4 fully saturated rings. The number of aliphatic hydroxyl groups excluding tert-OH is 1. The highest BCUT2D eigenvalue weighted by Gasteiger charge is 2.31. The Morgan fingerprint density at radius 2 is 1.38 bits per heavy atom. The lowest BCUT2D eigenvalue weighted by Crippen LogP contribution is -2.52. The van der Waals surface area contributed by atoms with Crippen molar-refractivity contribution in [3.63, 3.8) is 0 Å². The van der Waals surface area contributed by atoms with Crippen LogP contribution in [-0.4, -0.2) is 60.5 Å². The van der Waals surface area contributed by atoms with E-state index in [4.69, 9.17) is 4.74 Å². The van der Waals surface area contributed by atoms with Crippen molar-refractivity contribution in [1.82, 2.24) is 10.2 Å². The van der Waals surface area contributed by atoms with Gasteiger partial charge in [0.2, 0.25) is 0 Å². The SMILES string of the molecule is O[C@@H]1CCCC[C@H]1NC1CCN([C@H]2CC[C@H](COCC3CC3)CC2)CC1. The third kappa shape index (κ3) is 5.43. The summed E-state index contributed by atoms with van der Waals surface area (Å²) in [6, 6.07) is 1.79. The molecule has 4 heteroatoms. The summed E-state index contributed by atoms with van der Waals surface area (Å²) in [5, 5.41) is 14.0. The van der Waals surface area contributed by atoms with Crippen molar-refractivity contribution in [2.45, 2.75) is 101 Å². The molecule has 4 rings (SSSR count). The first-order valence-corrected chi connectivity index (χ1v) is 11.5. The maximum Gasteiger partial charge on any atom is 0.0693 e. The fourth-order valence-corrected chi connectivity index (χ4v) is 5.40.